The Bertz CT molecular complexity index is 570. The Labute approximate surface area is 114 Å². The van der Waals surface area contributed by atoms with Crippen LogP contribution in [-0.2, 0) is 6.54 Å². The van der Waals surface area contributed by atoms with Crippen molar-refractivity contribution in [2.75, 3.05) is 5.32 Å². The molecule has 0 atom stereocenters. The van der Waals surface area contributed by atoms with E-state index in [2.05, 4.69) is 26.2 Å². The van der Waals surface area contributed by atoms with Gasteiger partial charge in [0.2, 0.25) is 0 Å². The van der Waals surface area contributed by atoms with Crippen molar-refractivity contribution in [3.05, 3.63) is 57.6 Å². The number of hydrogen-bond donors (Lipinski definition) is 1. The zero-order chi connectivity index (χ0) is 13.1. The zero-order valence-corrected chi connectivity index (χ0v) is 11.9. The predicted molar refractivity (Wildman–Crippen MR) is 75.1 cm³/mol. The van der Waals surface area contributed by atoms with Gasteiger partial charge in [0.1, 0.15) is 5.82 Å². The second-order valence-electron chi connectivity index (χ2n) is 4.19. The number of benzene rings is 1. The molecular weight excluding hydrogens is 295 g/mol. The average Bonchev–Trinajstić information content (AvgIpc) is 2.32. The van der Waals surface area contributed by atoms with Crippen molar-refractivity contribution in [3.63, 3.8) is 0 Å². The minimum Gasteiger partial charge on any atom is -0.380 e. The van der Waals surface area contributed by atoms with Crippen LogP contribution in [0.5, 0.6) is 0 Å². The van der Waals surface area contributed by atoms with Gasteiger partial charge in [-0.05, 0) is 59.6 Å². The van der Waals surface area contributed by atoms with E-state index in [-0.39, 0.29) is 5.82 Å². The number of aryl methyl sites for hydroxylation is 2. The molecular formula is C14H14BrFN2. The van der Waals surface area contributed by atoms with E-state index in [0.717, 1.165) is 22.6 Å². The first-order chi connectivity index (χ1) is 8.56. The normalized spacial score (nSPS) is 10.4. The first-order valence-electron chi connectivity index (χ1n) is 5.68. The van der Waals surface area contributed by atoms with Gasteiger partial charge in [0, 0.05) is 12.2 Å². The summed E-state index contributed by atoms with van der Waals surface area (Å²) in [6.07, 6.45) is 0. The summed E-state index contributed by atoms with van der Waals surface area (Å²) >= 11 is 3.14. The summed E-state index contributed by atoms with van der Waals surface area (Å²) in [4.78, 5) is 4.37. The molecule has 2 rings (SSSR count). The number of aromatic nitrogens is 1. The molecule has 94 valence electrons. The molecule has 4 heteroatoms. The summed E-state index contributed by atoms with van der Waals surface area (Å²) in [6.45, 7) is 4.49. The lowest BCUT2D eigenvalue weighted by molar-refractivity contribution is 0.619. The molecule has 0 amide bonds. The summed E-state index contributed by atoms with van der Waals surface area (Å²) in [6, 6.07) is 9.07. The first-order valence-corrected chi connectivity index (χ1v) is 6.47. The van der Waals surface area contributed by atoms with Crippen LogP contribution in [0, 0.1) is 19.7 Å². The Kier molecular flexibility index (Phi) is 3.97. The van der Waals surface area contributed by atoms with E-state index in [1.165, 1.54) is 6.07 Å². The van der Waals surface area contributed by atoms with Gasteiger partial charge in [-0.15, -0.1) is 0 Å². The highest BCUT2D eigenvalue weighted by atomic mass is 79.9. The quantitative estimate of drug-likeness (QED) is 0.918. The van der Waals surface area contributed by atoms with Crippen molar-refractivity contribution < 1.29 is 4.39 Å². The van der Waals surface area contributed by atoms with Crippen molar-refractivity contribution in [1.29, 1.82) is 0 Å². The second-order valence-corrected chi connectivity index (χ2v) is 5.04. The molecule has 0 fully saturated rings. The van der Waals surface area contributed by atoms with Crippen molar-refractivity contribution in [2.45, 2.75) is 20.4 Å². The largest absolute Gasteiger partial charge is 0.380 e. The van der Waals surface area contributed by atoms with E-state index >= 15 is 0 Å². The van der Waals surface area contributed by atoms with Gasteiger partial charge in [0.25, 0.3) is 0 Å². The van der Waals surface area contributed by atoms with E-state index in [9.17, 15) is 4.39 Å². The molecule has 0 aliphatic rings. The lowest BCUT2D eigenvalue weighted by Crippen LogP contribution is -2.03. The number of nitrogens with one attached hydrogen (secondary N) is 1. The van der Waals surface area contributed by atoms with Crippen LogP contribution in [0.3, 0.4) is 0 Å². The highest BCUT2D eigenvalue weighted by molar-refractivity contribution is 9.10. The maximum Gasteiger partial charge on any atom is 0.137 e. The fraction of sp³-hybridized carbons (Fsp3) is 0.214. The fourth-order valence-electron chi connectivity index (χ4n) is 1.72. The molecule has 1 aromatic carbocycles. The van der Waals surface area contributed by atoms with E-state index in [4.69, 9.17) is 0 Å². The number of rotatable bonds is 3. The van der Waals surface area contributed by atoms with Crippen molar-refractivity contribution in [3.8, 4) is 0 Å². The van der Waals surface area contributed by atoms with Gasteiger partial charge in [0.15, 0.2) is 0 Å². The first kappa shape index (κ1) is 13.0. The molecule has 0 radical (unpaired) electrons. The van der Waals surface area contributed by atoms with E-state index in [1.54, 1.807) is 6.07 Å². The third-order valence-corrected chi connectivity index (χ3v) is 3.34. The lowest BCUT2D eigenvalue weighted by Gasteiger charge is -2.10. The summed E-state index contributed by atoms with van der Waals surface area (Å²) < 4.78 is 13.8. The Hall–Kier alpha value is -1.42. The second kappa shape index (κ2) is 5.48. The predicted octanol–water partition coefficient (Wildman–Crippen LogP) is 4.21. The Morgan fingerprint density at radius 3 is 2.67 bits per heavy atom. The molecule has 1 heterocycles. The molecule has 0 unspecified atom stereocenters. The van der Waals surface area contributed by atoms with Crippen LogP contribution in [0.15, 0.2) is 34.8 Å². The maximum absolute atomic E-state index is 13.4. The Balaban J connectivity index is 2.09. The average molecular weight is 309 g/mol. The molecule has 2 aromatic rings. The fourth-order valence-corrected chi connectivity index (χ4v) is 1.97. The van der Waals surface area contributed by atoms with Crippen molar-refractivity contribution >= 4 is 21.6 Å². The van der Waals surface area contributed by atoms with Gasteiger partial charge in [-0.3, -0.25) is 4.98 Å². The smallest absolute Gasteiger partial charge is 0.137 e. The van der Waals surface area contributed by atoms with Crippen LogP contribution in [0.25, 0.3) is 0 Å². The molecule has 0 saturated carbocycles. The Morgan fingerprint density at radius 2 is 2.00 bits per heavy atom. The molecule has 0 spiro atoms. The highest BCUT2D eigenvalue weighted by Crippen LogP contribution is 2.18. The highest BCUT2D eigenvalue weighted by Gasteiger charge is 2.02. The van der Waals surface area contributed by atoms with E-state index < -0.39 is 0 Å². The molecule has 0 aliphatic heterocycles. The molecule has 0 bridgehead atoms. The van der Waals surface area contributed by atoms with Gasteiger partial charge in [-0.1, -0.05) is 6.07 Å². The third kappa shape index (κ3) is 3.07. The van der Waals surface area contributed by atoms with Crippen LogP contribution in [0.2, 0.25) is 0 Å². The summed E-state index contributed by atoms with van der Waals surface area (Å²) in [5.41, 5.74) is 3.82. The molecule has 0 saturated heterocycles. The van der Waals surface area contributed by atoms with Crippen LogP contribution in [0.1, 0.15) is 17.0 Å². The number of hydrogen-bond acceptors (Lipinski definition) is 2. The molecule has 2 nitrogen and oxygen atoms in total. The van der Waals surface area contributed by atoms with Gasteiger partial charge in [0.05, 0.1) is 15.9 Å². The summed E-state index contributed by atoms with van der Waals surface area (Å²) in [5.74, 6) is -0.243. The minimum atomic E-state index is -0.243. The SMILES string of the molecule is Cc1ccc(NCc2ccc(Br)c(F)c2)c(C)n1. The van der Waals surface area contributed by atoms with E-state index in [1.807, 2.05) is 32.0 Å². The van der Waals surface area contributed by atoms with Gasteiger partial charge >= 0.3 is 0 Å². The summed E-state index contributed by atoms with van der Waals surface area (Å²) in [7, 11) is 0. The lowest BCUT2D eigenvalue weighted by atomic mass is 10.2. The maximum atomic E-state index is 13.4. The van der Waals surface area contributed by atoms with Crippen LogP contribution < -0.4 is 5.32 Å². The van der Waals surface area contributed by atoms with Crippen molar-refractivity contribution in [2.24, 2.45) is 0 Å². The van der Waals surface area contributed by atoms with Crippen molar-refractivity contribution in [1.82, 2.24) is 4.98 Å². The van der Waals surface area contributed by atoms with Crippen LogP contribution in [0.4, 0.5) is 10.1 Å². The molecule has 1 aromatic heterocycles. The zero-order valence-electron chi connectivity index (χ0n) is 10.3. The van der Waals surface area contributed by atoms with Gasteiger partial charge in [-0.2, -0.15) is 0 Å². The van der Waals surface area contributed by atoms with E-state index in [0.29, 0.717) is 11.0 Å². The minimum absolute atomic E-state index is 0.243. The van der Waals surface area contributed by atoms with Crippen LogP contribution >= 0.6 is 15.9 Å². The number of halogens is 2. The third-order valence-electron chi connectivity index (χ3n) is 2.69. The number of pyridine rings is 1. The van der Waals surface area contributed by atoms with Crippen LogP contribution in [-0.4, -0.2) is 4.98 Å². The monoisotopic (exact) mass is 308 g/mol. The molecule has 0 aliphatic carbocycles. The standard InChI is InChI=1S/C14H14BrFN2/c1-9-3-6-14(10(2)18-9)17-8-11-4-5-12(15)13(16)7-11/h3-7,17H,8H2,1-2H3. The number of nitrogens with zero attached hydrogens (tertiary/aromatic N) is 1. The van der Waals surface area contributed by atoms with Gasteiger partial charge in [-0.25, -0.2) is 4.39 Å². The Morgan fingerprint density at radius 1 is 1.22 bits per heavy atom. The summed E-state index contributed by atoms with van der Waals surface area (Å²) in [5, 5.41) is 3.26. The molecule has 1 N–H and O–H groups in total. The molecule has 18 heavy (non-hydrogen) atoms. The topological polar surface area (TPSA) is 24.9 Å². The van der Waals surface area contributed by atoms with Gasteiger partial charge < -0.3 is 5.32 Å². The number of anilines is 1.